The van der Waals surface area contributed by atoms with Crippen molar-refractivity contribution in [2.45, 2.75) is 39.5 Å². The first kappa shape index (κ1) is 24.7. The van der Waals surface area contributed by atoms with E-state index in [0.717, 1.165) is 5.69 Å². The number of anilines is 1. The zero-order valence-corrected chi connectivity index (χ0v) is 19.6. The maximum Gasteiger partial charge on any atom is 0.338 e. The Morgan fingerprint density at radius 3 is 2.41 bits per heavy atom. The molecule has 2 heterocycles. The SMILES string of the molecule is CCOC(=O)C1=C(C)OC(N)=C(C#N)C1c1ccc(N2CCC(C(=O)OCC)CC2)c(C#N)c1. The maximum absolute atomic E-state index is 12.7. The molecule has 1 aromatic rings. The molecule has 178 valence electrons. The Morgan fingerprint density at radius 2 is 1.82 bits per heavy atom. The van der Waals surface area contributed by atoms with Gasteiger partial charge in [0.15, 0.2) is 0 Å². The summed E-state index contributed by atoms with van der Waals surface area (Å²) in [6.45, 7) is 6.81. The van der Waals surface area contributed by atoms with Crippen LogP contribution in [0.4, 0.5) is 5.69 Å². The first-order chi connectivity index (χ1) is 16.4. The van der Waals surface area contributed by atoms with Crippen LogP contribution in [-0.4, -0.2) is 38.2 Å². The van der Waals surface area contributed by atoms with Crippen LogP contribution in [0.2, 0.25) is 0 Å². The number of hydrogen-bond donors (Lipinski definition) is 1. The lowest BCUT2D eigenvalue weighted by Gasteiger charge is -2.33. The number of allylic oxidation sites excluding steroid dienone is 2. The van der Waals surface area contributed by atoms with Crippen molar-refractivity contribution < 1.29 is 23.8 Å². The number of esters is 2. The van der Waals surface area contributed by atoms with Crippen LogP contribution in [0.3, 0.4) is 0 Å². The topological polar surface area (TPSA) is 139 Å². The van der Waals surface area contributed by atoms with Gasteiger partial charge in [0, 0.05) is 13.1 Å². The van der Waals surface area contributed by atoms with Gasteiger partial charge in [0.25, 0.3) is 0 Å². The zero-order valence-electron chi connectivity index (χ0n) is 19.6. The number of piperidine rings is 1. The Bertz CT molecular complexity index is 1120. The smallest absolute Gasteiger partial charge is 0.338 e. The van der Waals surface area contributed by atoms with E-state index < -0.39 is 11.9 Å². The molecule has 3 rings (SSSR count). The van der Waals surface area contributed by atoms with Gasteiger partial charge in [-0.05, 0) is 51.3 Å². The molecule has 1 atom stereocenters. The Hall–Kier alpha value is -3.98. The third-order valence-electron chi connectivity index (χ3n) is 6.03. The number of nitrogens with zero attached hydrogens (tertiary/aromatic N) is 3. The predicted octanol–water partition coefficient (Wildman–Crippen LogP) is 2.98. The largest absolute Gasteiger partial charge is 0.466 e. The number of rotatable bonds is 6. The zero-order chi connectivity index (χ0) is 24.8. The summed E-state index contributed by atoms with van der Waals surface area (Å²) >= 11 is 0. The Balaban J connectivity index is 1.94. The van der Waals surface area contributed by atoms with Crippen LogP contribution in [0.1, 0.15) is 50.7 Å². The van der Waals surface area contributed by atoms with Gasteiger partial charge < -0.3 is 24.8 Å². The molecule has 1 unspecified atom stereocenters. The van der Waals surface area contributed by atoms with E-state index in [2.05, 4.69) is 11.0 Å². The Morgan fingerprint density at radius 1 is 1.15 bits per heavy atom. The number of carbonyl (C=O) groups excluding carboxylic acids is 2. The number of hydrogen-bond acceptors (Lipinski definition) is 9. The second-order valence-electron chi connectivity index (χ2n) is 8.02. The fourth-order valence-corrected chi connectivity index (χ4v) is 4.40. The van der Waals surface area contributed by atoms with Gasteiger partial charge in [-0.25, -0.2) is 4.79 Å². The highest BCUT2D eigenvalue weighted by molar-refractivity contribution is 5.92. The average molecular weight is 465 g/mol. The van der Waals surface area contributed by atoms with E-state index in [1.165, 1.54) is 0 Å². The molecule has 0 amide bonds. The number of carbonyl (C=O) groups is 2. The molecular weight excluding hydrogens is 436 g/mol. The summed E-state index contributed by atoms with van der Waals surface area (Å²) in [5.41, 5.74) is 7.91. The molecule has 2 N–H and O–H groups in total. The van der Waals surface area contributed by atoms with E-state index in [0.29, 0.717) is 43.7 Å². The second kappa shape index (κ2) is 10.8. The van der Waals surface area contributed by atoms with Crippen molar-refractivity contribution in [1.29, 1.82) is 10.5 Å². The van der Waals surface area contributed by atoms with Crippen LogP contribution in [0.15, 0.2) is 41.0 Å². The Kier molecular flexibility index (Phi) is 7.80. The highest BCUT2D eigenvalue weighted by Gasteiger charge is 2.37. The molecule has 0 saturated carbocycles. The minimum Gasteiger partial charge on any atom is -0.466 e. The second-order valence-corrected chi connectivity index (χ2v) is 8.02. The van der Waals surface area contributed by atoms with Crippen molar-refractivity contribution >= 4 is 17.6 Å². The van der Waals surface area contributed by atoms with E-state index in [9.17, 15) is 20.1 Å². The molecule has 9 nitrogen and oxygen atoms in total. The molecule has 2 aliphatic rings. The van der Waals surface area contributed by atoms with Crippen molar-refractivity contribution in [2.75, 3.05) is 31.2 Å². The van der Waals surface area contributed by atoms with Crippen molar-refractivity contribution in [2.24, 2.45) is 11.7 Å². The molecule has 1 saturated heterocycles. The maximum atomic E-state index is 12.7. The van der Waals surface area contributed by atoms with E-state index in [-0.39, 0.29) is 41.3 Å². The molecule has 0 aromatic heterocycles. The van der Waals surface area contributed by atoms with Crippen LogP contribution >= 0.6 is 0 Å². The molecule has 0 spiro atoms. The van der Waals surface area contributed by atoms with Gasteiger partial charge in [0.1, 0.15) is 23.5 Å². The lowest BCUT2D eigenvalue weighted by molar-refractivity contribution is -0.148. The summed E-state index contributed by atoms with van der Waals surface area (Å²) < 4.78 is 15.8. The predicted molar refractivity (Wildman–Crippen MR) is 123 cm³/mol. The van der Waals surface area contributed by atoms with Crippen LogP contribution < -0.4 is 10.6 Å². The van der Waals surface area contributed by atoms with Gasteiger partial charge in [-0.1, -0.05) is 6.07 Å². The molecule has 34 heavy (non-hydrogen) atoms. The summed E-state index contributed by atoms with van der Waals surface area (Å²) in [6, 6.07) is 9.51. The molecular formula is C25H28N4O5. The molecule has 1 fully saturated rings. The minimum atomic E-state index is -0.812. The van der Waals surface area contributed by atoms with Crippen LogP contribution in [0, 0.1) is 28.6 Å². The molecule has 2 aliphatic heterocycles. The highest BCUT2D eigenvalue weighted by atomic mass is 16.5. The van der Waals surface area contributed by atoms with E-state index in [4.69, 9.17) is 19.9 Å². The lowest BCUT2D eigenvalue weighted by atomic mass is 9.82. The van der Waals surface area contributed by atoms with Gasteiger partial charge in [-0.3, -0.25) is 4.79 Å². The van der Waals surface area contributed by atoms with Crippen LogP contribution in [0.25, 0.3) is 0 Å². The molecule has 0 aliphatic carbocycles. The fraction of sp³-hybridized carbons (Fsp3) is 0.440. The molecule has 9 heteroatoms. The number of nitriles is 2. The summed E-state index contributed by atoms with van der Waals surface area (Å²) in [5, 5.41) is 19.6. The van der Waals surface area contributed by atoms with Gasteiger partial charge >= 0.3 is 11.9 Å². The number of benzene rings is 1. The summed E-state index contributed by atoms with van der Waals surface area (Å²) in [6.07, 6.45) is 1.27. The average Bonchev–Trinajstić information content (AvgIpc) is 2.83. The third kappa shape index (κ3) is 4.84. The quantitative estimate of drug-likeness (QED) is 0.629. The first-order valence-corrected chi connectivity index (χ1v) is 11.3. The Labute approximate surface area is 199 Å². The number of nitrogens with two attached hydrogens (primary N) is 1. The van der Waals surface area contributed by atoms with Crippen molar-refractivity contribution in [3.8, 4) is 12.1 Å². The van der Waals surface area contributed by atoms with Gasteiger partial charge in [-0.2, -0.15) is 10.5 Å². The fourth-order valence-electron chi connectivity index (χ4n) is 4.40. The third-order valence-corrected chi connectivity index (χ3v) is 6.03. The molecule has 0 bridgehead atoms. The van der Waals surface area contributed by atoms with Crippen LogP contribution in [-0.2, 0) is 23.8 Å². The first-order valence-electron chi connectivity index (χ1n) is 11.3. The minimum absolute atomic E-state index is 0.0818. The van der Waals surface area contributed by atoms with Crippen molar-refractivity contribution in [1.82, 2.24) is 0 Å². The van der Waals surface area contributed by atoms with Crippen molar-refractivity contribution in [3.05, 3.63) is 52.1 Å². The number of ether oxygens (including phenoxy) is 3. The normalized spacial score (nSPS) is 18.6. The monoisotopic (exact) mass is 464 g/mol. The van der Waals surface area contributed by atoms with E-state index >= 15 is 0 Å². The van der Waals surface area contributed by atoms with Gasteiger partial charge in [0.2, 0.25) is 5.88 Å². The van der Waals surface area contributed by atoms with Crippen LogP contribution in [0.5, 0.6) is 0 Å². The van der Waals surface area contributed by atoms with E-state index in [1.54, 1.807) is 39.0 Å². The van der Waals surface area contributed by atoms with Gasteiger partial charge in [0.05, 0.1) is 41.9 Å². The summed E-state index contributed by atoms with van der Waals surface area (Å²) in [4.78, 5) is 26.8. The summed E-state index contributed by atoms with van der Waals surface area (Å²) in [7, 11) is 0. The molecule has 0 radical (unpaired) electrons. The van der Waals surface area contributed by atoms with Gasteiger partial charge in [-0.15, -0.1) is 0 Å². The van der Waals surface area contributed by atoms with Crippen molar-refractivity contribution in [3.63, 3.8) is 0 Å². The summed E-state index contributed by atoms with van der Waals surface area (Å²) in [5.74, 6) is -1.57. The highest BCUT2D eigenvalue weighted by Crippen LogP contribution is 2.41. The lowest BCUT2D eigenvalue weighted by Crippen LogP contribution is -2.37. The molecule has 1 aromatic carbocycles. The van der Waals surface area contributed by atoms with E-state index in [1.807, 2.05) is 6.07 Å². The standard InChI is InChI=1S/C25H28N4O5/c1-4-32-24(30)16-8-10-29(11-9-16)20-7-6-17(12-18(20)13-26)22-19(14-27)23(28)34-15(3)21(22)25(31)33-5-2/h6-7,12,16,22H,4-5,8-11,28H2,1-3H3.